The number of hydrogen-bond donors (Lipinski definition) is 4. The quantitative estimate of drug-likeness (QED) is 0.0956. The molecule has 2 saturated heterocycles. The fourth-order valence-electron chi connectivity index (χ4n) is 7.82. The molecule has 17 nitrogen and oxygen atoms in total. The molecule has 17 heteroatoms. The first-order valence-electron chi connectivity index (χ1n) is 20.2. The molecule has 3 aliphatic rings. The highest BCUT2D eigenvalue weighted by Gasteiger charge is 2.53. The van der Waals surface area contributed by atoms with Gasteiger partial charge in [-0.25, -0.2) is 0 Å². The average Bonchev–Trinajstić information content (AvgIpc) is 3.13. The number of carbonyl (C=O) groups excluding carboxylic acids is 4. The first-order valence-corrected chi connectivity index (χ1v) is 20.2. The van der Waals surface area contributed by atoms with E-state index < -0.39 is 121 Å². The Bertz CT molecular complexity index is 1400. The summed E-state index contributed by atoms with van der Waals surface area (Å²) in [7, 11) is 4.76. The predicted octanol–water partition coefficient (Wildman–Crippen LogP) is 2.09. The first kappa shape index (κ1) is 49.5. The lowest BCUT2D eigenvalue weighted by molar-refractivity contribution is -0.344. The van der Waals surface area contributed by atoms with Crippen molar-refractivity contribution < 1.29 is 77.5 Å². The van der Waals surface area contributed by atoms with E-state index in [1.807, 2.05) is 0 Å². The molecule has 4 N–H and O–H groups in total. The first-order chi connectivity index (χ1) is 27.2. The molecule has 1 unspecified atom stereocenters. The van der Waals surface area contributed by atoms with Gasteiger partial charge in [0.2, 0.25) is 0 Å². The molecule has 0 bridgehead atoms. The zero-order valence-electron chi connectivity index (χ0n) is 35.6. The second-order valence-electron chi connectivity index (χ2n) is 16.1. The molecule has 0 aromatic heterocycles. The van der Waals surface area contributed by atoms with E-state index in [-0.39, 0.29) is 32.1 Å². The zero-order chi connectivity index (χ0) is 43.5. The largest absolute Gasteiger partial charge is 0.462 e. The Morgan fingerprint density at radius 2 is 1.60 bits per heavy atom. The van der Waals surface area contributed by atoms with E-state index in [2.05, 4.69) is 0 Å². The number of methoxy groups -OCH3 is 1. The number of rotatable bonds is 12. The van der Waals surface area contributed by atoms with Gasteiger partial charge >= 0.3 is 17.9 Å². The van der Waals surface area contributed by atoms with E-state index in [0.29, 0.717) is 12.7 Å². The van der Waals surface area contributed by atoms with Gasteiger partial charge in [-0.3, -0.25) is 14.4 Å². The van der Waals surface area contributed by atoms with E-state index in [1.165, 1.54) is 26.2 Å². The number of hydrogen-bond acceptors (Lipinski definition) is 17. The van der Waals surface area contributed by atoms with Crippen LogP contribution in [0.25, 0.3) is 0 Å². The monoisotopic (exact) mass is 829 g/mol. The van der Waals surface area contributed by atoms with Gasteiger partial charge in [-0.15, -0.1) is 0 Å². The SMILES string of the molecule is CCC(=O)O[C@H]1CC(=O)O[C@H](C)C/C=C/C=C/C(O)(O)C(C)C[C@H](CC=O)[C@H](O[C@@H]2O[C@H](C)[C@@H](O[C@H]3C[C@@](C)(O)[C@@H](OC(=O)CC)[C@H](C)O3)[C@H](N(C)C)[C@H]2O)[C@H]1OC. The summed E-state index contributed by atoms with van der Waals surface area (Å²) >= 11 is 0. The molecule has 2 fully saturated rings. The molecule has 0 aliphatic carbocycles. The van der Waals surface area contributed by atoms with Crippen molar-refractivity contribution in [2.24, 2.45) is 11.8 Å². The molecule has 15 atom stereocenters. The number of allylic oxidation sites excluding steroid dienone is 2. The van der Waals surface area contributed by atoms with Crippen molar-refractivity contribution in [2.45, 2.75) is 178 Å². The van der Waals surface area contributed by atoms with Gasteiger partial charge in [-0.2, -0.15) is 0 Å². The van der Waals surface area contributed by atoms with E-state index in [0.717, 1.165) is 0 Å². The molecule has 0 saturated carbocycles. The third-order valence-corrected chi connectivity index (χ3v) is 11.0. The summed E-state index contributed by atoms with van der Waals surface area (Å²) in [4.78, 5) is 52.3. The summed E-state index contributed by atoms with van der Waals surface area (Å²) < 4.78 is 48.3. The van der Waals surface area contributed by atoms with Crippen LogP contribution < -0.4 is 0 Å². The Kier molecular flexibility index (Phi) is 18.9. The van der Waals surface area contributed by atoms with Crippen LogP contribution in [0.4, 0.5) is 0 Å². The number of nitrogens with zero attached hydrogens (tertiary/aromatic N) is 1. The maximum atomic E-state index is 13.3. The number of aliphatic hydroxyl groups is 4. The third kappa shape index (κ3) is 13.3. The van der Waals surface area contributed by atoms with E-state index in [1.54, 1.807) is 72.7 Å². The Balaban J connectivity index is 2.04. The van der Waals surface area contributed by atoms with Crippen LogP contribution in [0.1, 0.15) is 93.4 Å². The maximum absolute atomic E-state index is 13.3. The van der Waals surface area contributed by atoms with E-state index in [4.69, 9.17) is 37.9 Å². The standard InChI is InChI=1S/C41H67NO16/c1-11-29(44)55-28-21-31(46)52-24(4)16-14-13-15-18-41(49,50)23(3)20-27(17-19-43)36(37(28)51-10)58-39-34(47)33(42(8)9)35(25(5)54-39)57-32-22-40(7,48)38(26(6)53-32)56-30(45)12-2/h13-15,18-19,23-28,32-39,47-50H,11-12,16-17,20-22H2,1-10H3/b14-13+,18-15+/t23?,24-,25-,26+,27+,28+,32+,33-,34-,35-,36+,37+,38+,39+,40-/m1/s1. The number of cyclic esters (lactones) is 1. The van der Waals surface area contributed by atoms with E-state index in [9.17, 15) is 39.6 Å². The molecular formula is C41H67NO16. The number of carbonyl (C=O) groups is 4. The molecule has 58 heavy (non-hydrogen) atoms. The van der Waals surface area contributed by atoms with Crippen LogP contribution in [0.2, 0.25) is 0 Å². The second-order valence-corrected chi connectivity index (χ2v) is 16.1. The molecule has 0 aromatic rings. The van der Waals surface area contributed by atoms with Crippen LogP contribution in [0.5, 0.6) is 0 Å². The summed E-state index contributed by atoms with van der Waals surface area (Å²) in [6.45, 7) is 11.4. The van der Waals surface area contributed by atoms with Crippen LogP contribution in [0.3, 0.4) is 0 Å². The van der Waals surface area contributed by atoms with Crippen molar-refractivity contribution in [1.82, 2.24) is 4.90 Å². The maximum Gasteiger partial charge on any atom is 0.309 e. The molecule has 332 valence electrons. The van der Waals surface area contributed by atoms with Gasteiger partial charge in [0.25, 0.3) is 0 Å². The van der Waals surface area contributed by atoms with Crippen LogP contribution in [0, 0.1) is 11.8 Å². The van der Waals surface area contributed by atoms with Crippen molar-refractivity contribution in [2.75, 3.05) is 21.2 Å². The minimum absolute atomic E-state index is 0.0370. The molecule has 0 amide bonds. The number of esters is 3. The van der Waals surface area contributed by atoms with E-state index >= 15 is 0 Å². The minimum Gasteiger partial charge on any atom is -0.462 e. The summed E-state index contributed by atoms with van der Waals surface area (Å²) in [6, 6.07) is -0.824. The van der Waals surface area contributed by atoms with Crippen LogP contribution in [-0.4, -0.2) is 156 Å². The highest BCUT2D eigenvalue weighted by Crippen LogP contribution is 2.38. The van der Waals surface area contributed by atoms with Crippen LogP contribution in [-0.2, 0) is 57.1 Å². The number of ether oxygens (including phenoxy) is 8. The molecule has 3 heterocycles. The molecule has 0 radical (unpaired) electrons. The van der Waals surface area contributed by atoms with Crippen molar-refractivity contribution in [1.29, 1.82) is 0 Å². The minimum atomic E-state index is -2.33. The van der Waals surface area contributed by atoms with Gasteiger partial charge < -0.3 is 68.0 Å². The summed E-state index contributed by atoms with van der Waals surface area (Å²) in [6.07, 6.45) is -5.43. The van der Waals surface area contributed by atoms with Gasteiger partial charge in [-0.05, 0) is 60.2 Å². The molecular weight excluding hydrogens is 762 g/mol. The van der Waals surface area contributed by atoms with Crippen molar-refractivity contribution >= 4 is 24.2 Å². The Labute approximate surface area is 341 Å². The van der Waals surface area contributed by atoms with Crippen molar-refractivity contribution in [3.63, 3.8) is 0 Å². The predicted molar refractivity (Wildman–Crippen MR) is 206 cm³/mol. The topological polar surface area (TPSA) is 226 Å². The number of aldehydes is 1. The lowest BCUT2D eigenvalue weighted by Gasteiger charge is -2.50. The molecule has 3 aliphatic heterocycles. The molecule has 0 spiro atoms. The smallest absolute Gasteiger partial charge is 0.309 e. The van der Waals surface area contributed by atoms with Gasteiger partial charge in [0.05, 0.1) is 30.8 Å². The Morgan fingerprint density at radius 1 is 0.948 bits per heavy atom. The van der Waals surface area contributed by atoms with Gasteiger partial charge in [-0.1, -0.05) is 39.0 Å². The lowest BCUT2D eigenvalue weighted by atomic mass is 9.81. The fourth-order valence-corrected chi connectivity index (χ4v) is 7.82. The molecule has 0 aromatic carbocycles. The van der Waals surface area contributed by atoms with Crippen LogP contribution >= 0.6 is 0 Å². The van der Waals surface area contributed by atoms with Gasteiger partial charge in [0.1, 0.15) is 42.4 Å². The van der Waals surface area contributed by atoms with Crippen LogP contribution in [0.15, 0.2) is 24.3 Å². The van der Waals surface area contributed by atoms with Gasteiger partial charge in [0.15, 0.2) is 24.5 Å². The second kappa shape index (κ2) is 22.1. The Morgan fingerprint density at radius 3 is 2.19 bits per heavy atom. The molecule has 3 rings (SSSR count). The summed E-state index contributed by atoms with van der Waals surface area (Å²) in [5.74, 6) is -5.94. The number of likely N-dealkylation sites (N-methyl/N-ethyl adjacent to an activating group) is 1. The van der Waals surface area contributed by atoms with Crippen molar-refractivity contribution in [3.05, 3.63) is 24.3 Å². The highest BCUT2D eigenvalue weighted by molar-refractivity contribution is 5.72. The summed E-state index contributed by atoms with van der Waals surface area (Å²) in [5.41, 5.74) is -1.51. The normalized spacial score (nSPS) is 40.2. The lowest BCUT2D eigenvalue weighted by Crippen LogP contribution is -2.66. The third-order valence-electron chi connectivity index (χ3n) is 11.0. The fraction of sp³-hybridized carbons (Fsp3) is 0.805. The summed E-state index contributed by atoms with van der Waals surface area (Å²) in [5, 5.41) is 45.6. The Hall–Kier alpha value is -2.84. The zero-order valence-corrected chi connectivity index (χ0v) is 35.6. The highest BCUT2D eigenvalue weighted by atomic mass is 16.7. The number of aliphatic hydroxyl groups excluding tert-OH is 1. The van der Waals surface area contributed by atoms with Gasteiger partial charge in [0, 0.05) is 45.1 Å². The van der Waals surface area contributed by atoms with Crippen molar-refractivity contribution in [3.8, 4) is 0 Å². The average molecular weight is 830 g/mol.